The summed E-state index contributed by atoms with van der Waals surface area (Å²) in [5.74, 6) is 0.329. The van der Waals surface area contributed by atoms with Crippen LogP contribution in [-0.4, -0.2) is 19.1 Å². The number of hydrogen-bond acceptors (Lipinski definition) is 2. The highest BCUT2D eigenvalue weighted by Gasteiger charge is 2.19. The molecule has 2 rings (SSSR count). The summed E-state index contributed by atoms with van der Waals surface area (Å²) < 4.78 is 13.0. The number of hydrogen-bond donors (Lipinski definition) is 2. The van der Waals surface area contributed by atoms with Gasteiger partial charge in [-0.2, -0.15) is 0 Å². The molecule has 2 unspecified atom stereocenters. The molecule has 1 aliphatic heterocycles. The SMILES string of the molecule is CC(C)C(NCC1CCCN1)c1ccc(F)cc1. The van der Waals surface area contributed by atoms with Gasteiger partial charge in [0.15, 0.2) is 0 Å². The fourth-order valence-corrected chi connectivity index (χ4v) is 2.61. The van der Waals surface area contributed by atoms with Crippen LogP contribution in [0.1, 0.15) is 38.3 Å². The van der Waals surface area contributed by atoms with Gasteiger partial charge in [0.2, 0.25) is 0 Å². The zero-order valence-corrected chi connectivity index (χ0v) is 11.2. The molecule has 2 N–H and O–H groups in total. The zero-order valence-electron chi connectivity index (χ0n) is 11.2. The van der Waals surface area contributed by atoms with E-state index in [9.17, 15) is 4.39 Å². The van der Waals surface area contributed by atoms with E-state index in [1.807, 2.05) is 12.1 Å². The van der Waals surface area contributed by atoms with Crippen LogP contribution in [-0.2, 0) is 0 Å². The Morgan fingerprint density at radius 3 is 2.61 bits per heavy atom. The van der Waals surface area contributed by atoms with Crippen LogP contribution in [0.3, 0.4) is 0 Å². The van der Waals surface area contributed by atoms with Gasteiger partial charge in [-0.1, -0.05) is 26.0 Å². The third-order valence-corrected chi connectivity index (χ3v) is 3.64. The molecule has 2 atom stereocenters. The molecule has 0 bridgehead atoms. The predicted molar refractivity (Wildman–Crippen MR) is 73.0 cm³/mol. The minimum atomic E-state index is -0.168. The molecular formula is C15H23FN2. The fraction of sp³-hybridized carbons (Fsp3) is 0.600. The van der Waals surface area contributed by atoms with Crippen molar-refractivity contribution in [2.45, 2.75) is 38.8 Å². The molecule has 2 nitrogen and oxygen atoms in total. The van der Waals surface area contributed by atoms with Gasteiger partial charge in [-0.3, -0.25) is 0 Å². The van der Waals surface area contributed by atoms with Crippen LogP contribution in [0.5, 0.6) is 0 Å². The van der Waals surface area contributed by atoms with Crippen molar-refractivity contribution in [1.29, 1.82) is 0 Å². The highest BCUT2D eigenvalue weighted by molar-refractivity contribution is 5.20. The van der Waals surface area contributed by atoms with Crippen molar-refractivity contribution in [1.82, 2.24) is 10.6 Å². The van der Waals surface area contributed by atoms with Crippen molar-refractivity contribution < 1.29 is 4.39 Å². The third-order valence-electron chi connectivity index (χ3n) is 3.64. The first-order valence-corrected chi connectivity index (χ1v) is 6.89. The third kappa shape index (κ3) is 3.53. The maximum absolute atomic E-state index is 13.0. The van der Waals surface area contributed by atoms with Gasteiger partial charge in [0, 0.05) is 18.6 Å². The van der Waals surface area contributed by atoms with Gasteiger partial charge < -0.3 is 10.6 Å². The van der Waals surface area contributed by atoms with Crippen LogP contribution in [0.15, 0.2) is 24.3 Å². The molecule has 1 aromatic rings. The maximum atomic E-state index is 13.0. The molecule has 100 valence electrons. The molecule has 0 saturated carbocycles. The molecule has 0 spiro atoms. The lowest BCUT2D eigenvalue weighted by atomic mass is 9.95. The average molecular weight is 250 g/mol. The minimum absolute atomic E-state index is 0.168. The van der Waals surface area contributed by atoms with E-state index in [1.165, 1.54) is 18.4 Å². The molecule has 1 heterocycles. The average Bonchev–Trinajstić information content (AvgIpc) is 2.84. The molecule has 3 heteroatoms. The van der Waals surface area contributed by atoms with Crippen molar-refractivity contribution in [3.8, 4) is 0 Å². The smallest absolute Gasteiger partial charge is 0.123 e. The minimum Gasteiger partial charge on any atom is -0.313 e. The summed E-state index contributed by atoms with van der Waals surface area (Å²) in [5.41, 5.74) is 1.17. The number of rotatable bonds is 5. The van der Waals surface area contributed by atoms with Crippen molar-refractivity contribution in [2.24, 2.45) is 5.92 Å². The molecule has 0 amide bonds. The van der Waals surface area contributed by atoms with Crippen LogP contribution < -0.4 is 10.6 Å². The lowest BCUT2D eigenvalue weighted by Gasteiger charge is -2.25. The van der Waals surface area contributed by atoms with E-state index in [-0.39, 0.29) is 5.82 Å². The van der Waals surface area contributed by atoms with E-state index in [4.69, 9.17) is 0 Å². The van der Waals surface area contributed by atoms with Gasteiger partial charge in [0.1, 0.15) is 5.82 Å². The van der Waals surface area contributed by atoms with Crippen LogP contribution in [0.2, 0.25) is 0 Å². The topological polar surface area (TPSA) is 24.1 Å². The summed E-state index contributed by atoms with van der Waals surface area (Å²) in [5, 5.41) is 7.10. The van der Waals surface area contributed by atoms with Crippen LogP contribution in [0.25, 0.3) is 0 Å². The van der Waals surface area contributed by atoms with Gasteiger partial charge in [0.05, 0.1) is 0 Å². The Labute approximate surface area is 109 Å². The highest BCUT2D eigenvalue weighted by atomic mass is 19.1. The van der Waals surface area contributed by atoms with E-state index in [1.54, 1.807) is 12.1 Å². The van der Waals surface area contributed by atoms with E-state index in [0.29, 0.717) is 18.0 Å². The fourth-order valence-electron chi connectivity index (χ4n) is 2.61. The van der Waals surface area contributed by atoms with Crippen molar-refractivity contribution in [2.75, 3.05) is 13.1 Å². The van der Waals surface area contributed by atoms with E-state index < -0.39 is 0 Å². The summed E-state index contributed by atoms with van der Waals surface area (Å²) in [6, 6.07) is 7.74. The highest BCUT2D eigenvalue weighted by Crippen LogP contribution is 2.22. The molecule has 1 aliphatic rings. The Morgan fingerprint density at radius 2 is 2.06 bits per heavy atom. The molecular weight excluding hydrogens is 227 g/mol. The van der Waals surface area contributed by atoms with Crippen molar-refractivity contribution in [3.05, 3.63) is 35.6 Å². The number of nitrogens with one attached hydrogen (secondary N) is 2. The zero-order chi connectivity index (χ0) is 13.0. The number of benzene rings is 1. The van der Waals surface area contributed by atoms with Gasteiger partial charge in [-0.25, -0.2) is 4.39 Å². The first-order valence-electron chi connectivity index (χ1n) is 6.89. The normalized spacial score (nSPS) is 21.4. The molecule has 1 fully saturated rings. The van der Waals surface area contributed by atoms with E-state index in [0.717, 1.165) is 13.1 Å². The van der Waals surface area contributed by atoms with Crippen LogP contribution in [0, 0.1) is 11.7 Å². The second-order valence-corrected chi connectivity index (χ2v) is 5.47. The summed E-state index contributed by atoms with van der Waals surface area (Å²) in [6.45, 7) is 6.52. The van der Waals surface area contributed by atoms with Gasteiger partial charge >= 0.3 is 0 Å². The second-order valence-electron chi connectivity index (χ2n) is 5.47. The lowest BCUT2D eigenvalue weighted by molar-refractivity contribution is 0.388. The maximum Gasteiger partial charge on any atom is 0.123 e. The van der Waals surface area contributed by atoms with E-state index in [2.05, 4.69) is 24.5 Å². The molecule has 0 radical (unpaired) electrons. The summed E-state index contributed by atoms with van der Waals surface area (Å²) in [4.78, 5) is 0. The van der Waals surface area contributed by atoms with Crippen molar-refractivity contribution in [3.63, 3.8) is 0 Å². The van der Waals surface area contributed by atoms with E-state index >= 15 is 0 Å². The quantitative estimate of drug-likeness (QED) is 0.839. The van der Waals surface area contributed by atoms with Gasteiger partial charge in [-0.15, -0.1) is 0 Å². The van der Waals surface area contributed by atoms with Crippen molar-refractivity contribution >= 4 is 0 Å². The molecule has 18 heavy (non-hydrogen) atoms. The monoisotopic (exact) mass is 250 g/mol. The Balaban J connectivity index is 1.96. The predicted octanol–water partition coefficient (Wildman–Crippen LogP) is 2.86. The summed E-state index contributed by atoms with van der Waals surface area (Å²) in [7, 11) is 0. The second kappa shape index (κ2) is 6.30. The molecule has 1 aromatic carbocycles. The lowest BCUT2D eigenvalue weighted by Crippen LogP contribution is -2.37. The Kier molecular flexibility index (Phi) is 4.72. The Bertz CT molecular complexity index is 355. The molecule has 1 saturated heterocycles. The van der Waals surface area contributed by atoms with Gasteiger partial charge in [0.25, 0.3) is 0 Å². The molecule has 0 aliphatic carbocycles. The van der Waals surface area contributed by atoms with Crippen LogP contribution in [0.4, 0.5) is 4.39 Å². The molecule has 0 aromatic heterocycles. The van der Waals surface area contributed by atoms with Crippen LogP contribution >= 0.6 is 0 Å². The van der Waals surface area contributed by atoms with Gasteiger partial charge in [-0.05, 0) is 43.0 Å². The first-order chi connectivity index (χ1) is 8.66. The Hall–Kier alpha value is -0.930. The first kappa shape index (κ1) is 13.5. The summed E-state index contributed by atoms with van der Waals surface area (Å²) >= 11 is 0. The largest absolute Gasteiger partial charge is 0.313 e. The standard InChI is InChI=1S/C15H23FN2/c1-11(2)15(12-5-7-13(16)8-6-12)18-10-14-4-3-9-17-14/h5-8,11,14-15,17-18H,3-4,9-10H2,1-2H3. The summed E-state index contributed by atoms with van der Waals surface area (Å²) in [6.07, 6.45) is 2.52. The Morgan fingerprint density at radius 1 is 1.33 bits per heavy atom. The number of halogens is 1.